The Morgan fingerprint density at radius 1 is 1.10 bits per heavy atom. The van der Waals surface area contributed by atoms with Crippen LogP contribution in [0.25, 0.3) is 0 Å². The Balaban J connectivity index is 3.34. The third kappa shape index (κ3) is 3.53. The largest absolute Gasteiger partial charge is 0.416 e. The fourth-order valence-electron chi connectivity index (χ4n) is 1.39. The zero-order valence-electron chi connectivity index (χ0n) is 9.36. The number of rotatable bonds is 2. The molecule has 0 bridgehead atoms. The minimum Gasteiger partial charge on any atom is -0.382 e. The second-order valence-corrected chi connectivity index (χ2v) is 4.28. The average Bonchev–Trinajstić information content (AvgIpc) is 2.28. The highest BCUT2D eigenvalue weighted by Gasteiger charge is 2.44. The number of halogens is 8. The van der Waals surface area contributed by atoms with Gasteiger partial charge >= 0.3 is 12.4 Å². The molecule has 0 aliphatic heterocycles. The molecule has 3 N–H and O–H groups in total. The van der Waals surface area contributed by atoms with E-state index in [1.54, 1.807) is 0 Å². The van der Waals surface area contributed by atoms with Crippen LogP contribution in [0.3, 0.4) is 0 Å². The quantitative estimate of drug-likeness (QED) is 0.818. The summed E-state index contributed by atoms with van der Waals surface area (Å²) in [5, 5.41) is 7.83. The van der Waals surface area contributed by atoms with Gasteiger partial charge in [0.1, 0.15) is 5.82 Å². The van der Waals surface area contributed by atoms with Crippen LogP contribution in [0.2, 0.25) is 5.02 Å². The standard InChI is InChI=1S/C10H7ClF7NO/c11-5-2-3(9(13,14)15)1-4(6(5)12)7(19)8(20)10(16,17)18/h1-2,7-8,20H,19H2/t7-,8-/m1/s1. The molecule has 0 aromatic heterocycles. The normalized spacial score (nSPS) is 16.1. The summed E-state index contributed by atoms with van der Waals surface area (Å²) in [6, 6.07) is -2.14. The first-order valence-electron chi connectivity index (χ1n) is 4.92. The van der Waals surface area contributed by atoms with Gasteiger partial charge in [-0.1, -0.05) is 11.6 Å². The van der Waals surface area contributed by atoms with Gasteiger partial charge in [0, 0.05) is 5.56 Å². The molecular formula is C10H7ClF7NO. The van der Waals surface area contributed by atoms with E-state index >= 15 is 0 Å². The lowest BCUT2D eigenvalue weighted by Crippen LogP contribution is -2.39. The molecule has 1 aromatic rings. The predicted octanol–water partition coefficient (Wildman–Crippen LogP) is 3.42. The summed E-state index contributed by atoms with van der Waals surface area (Å²) in [5.41, 5.74) is 2.33. The van der Waals surface area contributed by atoms with Crippen molar-refractivity contribution in [1.82, 2.24) is 0 Å². The van der Waals surface area contributed by atoms with Crippen molar-refractivity contribution in [3.8, 4) is 0 Å². The fourth-order valence-corrected chi connectivity index (χ4v) is 1.62. The smallest absolute Gasteiger partial charge is 0.382 e. The van der Waals surface area contributed by atoms with Crippen LogP contribution in [-0.2, 0) is 6.18 Å². The van der Waals surface area contributed by atoms with Crippen LogP contribution >= 0.6 is 11.6 Å². The molecule has 0 aliphatic rings. The highest BCUT2D eigenvalue weighted by Crippen LogP contribution is 2.37. The van der Waals surface area contributed by atoms with Gasteiger partial charge in [-0.05, 0) is 12.1 Å². The molecule has 10 heteroatoms. The third-order valence-corrected chi connectivity index (χ3v) is 2.69. The van der Waals surface area contributed by atoms with Crippen LogP contribution in [0.1, 0.15) is 17.2 Å². The minimum atomic E-state index is -5.22. The van der Waals surface area contributed by atoms with Crippen molar-refractivity contribution in [3.05, 3.63) is 34.1 Å². The van der Waals surface area contributed by atoms with Gasteiger partial charge in [-0.15, -0.1) is 0 Å². The number of nitrogens with two attached hydrogens (primary N) is 1. The Bertz CT molecular complexity index is 500. The summed E-state index contributed by atoms with van der Waals surface area (Å²) >= 11 is 5.19. The monoisotopic (exact) mass is 325 g/mol. The molecule has 1 aromatic carbocycles. The SMILES string of the molecule is N[C@H](c1cc(C(F)(F)F)cc(Cl)c1F)[C@@H](O)C(F)(F)F. The van der Waals surface area contributed by atoms with Gasteiger partial charge < -0.3 is 10.8 Å². The molecule has 0 amide bonds. The molecule has 2 atom stereocenters. The molecule has 0 unspecified atom stereocenters. The summed E-state index contributed by atoms with van der Waals surface area (Å²) in [4.78, 5) is 0. The van der Waals surface area contributed by atoms with Crippen LogP contribution in [0, 0.1) is 5.82 Å². The summed E-state index contributed by atoms with van der Waals surface area (Å²) in [7, 11) is 0. The first-order chi connectivity index (χ1) is 8.85. The van der Waals surface area contributed by atoms with Gasteiger partial charge in [0.2, 0.25) is 0 Å². The van der Waals surface area contributed by atoms with Crippen molar-refractivity contribution in [2.45, 2.75) is 24.5 Å². The number of benzene rings is 1. The van der Waals surface area contributed by atoms with Gasteiger partial charge in [-0.3, -0.25) is 0 Å². The van der Waals surface area contributed by atoms with Gasteiger partial charge in [0.25, 0.3) is 0 Å². The first-order valence-corrected chi connectivity index (χ1v) is 5.30. The van der Waals surface area contributed by atoms with E-state index in [-0.39, 0.29) is 12.1 Å². The average molecular weight is 326 g/mol. The predicted molar refractivity (Wildman–Crippen MR) is 55.4 cm³/mol. The lowest BCUT2D eigenvalue weighted by molar-refractivity contribution is -0.210. The van der Waals surface area contributed by atoms with Crippen molar-refractivity contribution in [2.75, 3.05) is 0 Å². The Morgan fingerprint density at radius 3 is 2.00 bits per heavy atom. The Hall–Kier alpha value is -1.06. The second kappa shape index (κ2) is 5.38. The molecule has 0 fully saturated rings. The van der Waals surface area contributed by atoms with Crippen molar-refractivity contribution < 1.29 is 35.8 Å². The van der Waals surface area contributed by atoms with Crippen LogP contribution in [0.15, 0.2) is 12.1 Å². The zero-order chi connectivity index (χ0) is 15.9. The Kier molecular flexibility index (Phi) is 4.57. The van der Waals surface area contributed by atoms with E-state index in [2.05, 4.69) is 0 Å². The highest BCUT2D eigenvalue weighted by atomic mass is 35.5. The maximum absolute atomic E-state index is 13.5. The van der Waals surface area contributed by atoms with Crippen LogP contribution < -0.4 is 5.73 Å². The van der Waals surface area contributed by atoms with Crippen molar-refractivity contribution in [2.24, 2.45) is 5.73 Å². The minimum absolute atomic E-state index is 0.0842. The number of aliphatic hydroxyl groups excluding tert-OH is 1. The number of aliphatic hydroxyl groups is 1. The van der Waals surface area contributed by atoms with E-state index in [1.165, 1.54) is 0 Å². The van der Waals surface area contributed by atoms with E-state index in [1.807, 2.05) is 0 Å². The topological polar surface area (TPSA) is 46.2 Å². The molecule has 0 saturated heterocycles. The molecule has 1 rings (SSSR count). The molecule has 20 heavy (non-hydrogen) atoms. The first kappa shape index (κ1) is 17.0. The molecule has 0 heterocycles. The summed E-state index contributed by atoms with van der Waals surface area (Å²) in [6.07, 6.45) is -13.4. The van der Waals surface area contributed by atoms with E-state index in [0.717, 1.165) is 0 Å². The van der Waals surface area contributed by atoms with Crippen molar-refractivity contribution >= 4 is 11.6 Å². The van der Waals surface area contributed by atoms with Gasteiger partial charge in [-0.25, -0.2) is 4.39 Å². The Morgan fingerprint density at radius 2 is 1.60 bits per heavy atom. The van der Waals surface area contributed by atoms with Gasteiger partial charge in [-0.2, -0.15) is 26.3 Å². The van der Waals surface area contributed by atoms with E-state index in [0.29, 0.717) is 0 Å². The molecule has 2 nitrogen and oxygen atoms in total. The van der Waals surface area contributed by atoms with Crippen molar-refractivity contribution in [1.29, 1.82) is 0 Å². The molecule has 0 spiro atoms. The fraction of sp³-hybridized carbons (Fsp3) is 0.400. The van der Waals surface area contributed by atoms with Crippen LogP contribution in [0.4, 0.5) is 30.7 Å². The Labute approximate surface area is 112 Å². The summed E-state index contributed by atoms with van der Waals surface area (Å²) in [6.45, 7) is 0. The molecule has 0 saturated carbocycles. The maximum atomic E-state index is 13.5. The summed E-state index contributed by atoms with van der Waals surface area (Å²) in [5.74, 6) is -1.55. The highest BCUT2D eigenvalue weighted by molar-refractivity contribution is 6.30. The van der Waals surface area contributed by atoms with Crippen LogP contribution in [-0.4, -0.2) is 17.4 Å². The van der Waals surface area contributed by atoms with Crippen LogP contribution in [0.5, 0.6) is 0 Å². The zero-order valence-corrected chi connectivity index (χ0v) is 10.1. The van der Waals surface area contributed by atoms with E-state index in [9.17, 15) is 30.7 Å². The van der Waals surface area contributed by atoms with Crippen molar-refractivity contribution in [3.63, 3.8) is 0 Å². The summed E-state index contributed by atoms with van der Waals surface area (Å²) < 4.78 is 87.7. The number of hydrogen-bond donors (Lipinski definition) is 2. The maximum Gasteiger partial charge on any atom is 0.416 e. The molecule has 114 valence electrons. The molecule has 0 aliphatic carbocycles. The van der Waals surface area contributed by atoms with Gasteiger partial charge in [0.05, 0.1) is 16.6 Å². The lowest BCUT2D eigenvalue weighted by atomic mass is 9.99. The number of hydrogen-bond acceptors (Lipinski definition) is 2. The second-order valence-electron chi connectivity index (χ2n) is 3.87. The van der Waals surface area contributed by atoms with E-state index < -0.39 is 46.5 Å². The third-order valence-electron chi connectivity index (χ3n) is 2.42. The molecule has 0 radical (unpaired) electrons. The number of alkyl halides is 6. The lowest BCUT2D eigenvalue weighted by Gasteiger charge is -2.23. The molecular weight excluding hydrogens is 319 g/mol. The van der Waals surface area contributed by atoms with E-state index in [4.69, 9.17) is 22.4 Å². The van der Waals surface area contributed by atoms with Gasteiger partial charge in [0.15, 0.2) is 6.10 Å².